The molecular formula is C17H26N2O3S. The largest absolute Gasteiger partial charge is 0.338 e. The first kappa shape index (κ1) is 17.8. The number of sulfone groups is 1. The summed E-state index contributed by atoms with van der Waals surface area (Å²) in [6.07, 6.45) is 3.76. The number of nitrogens with zero attached hydrogens (tertiary/aromatic N) is 1. The second kappa shape index (κ2) is 8.34. The summed E-state index contributed by atoms with van der Waals surface area (Å²) in [6, 6.07) is 8.37. The van der Waals surface area contributed by atoms with Crippen LogP contribution in [0.2, 0.25) is 0 Å². The summed E-state index contributed by atoms with van der Waals surface area (Å²) in [7, 11) is -3.26. The minimum absolute atomic E-state index is 0.0505. The highest BCUT2D eigenvalue weighted by atomic mass is 32.2. The lowest BCUT2D eigenvalue weighted by Gasteiger charge is -2.32. The molecule has 0 bridgehead atoms. The van der Waals surface area contributed by atoms with E-state index in [1.54, 1.807) is 30.3 Å². The zero-order valence-corrected chi connectivity index (χ0v) is 14.5. The first-order valence-electron chi connectivity index (χ1n) is 8.33. The average Bonchev–Trinajstić information content (AvgIpc) is 2.59. The Morgan fingerprint density at radius 1 is 1.30 bits per heavy atom. The Bertz CT molecular complexity index is 602. The molecule has 5 nitrogen and oxygen atoms in total. The smallest absolute Gasteiger partial charge is 0.317 e. The first-order valence-corrected chi connectivity index (χ1v) is 9.98. The molecule has 1 N–H and O–H groups in total. The SMILES string of the molecule is CC[C@H]1CCCN(C(=O)NCCCS(=O)(=O)c2ccccc2)C1. The van der Waals surface area contributed by atoms with E-state index in [2.05, 4.69) is 12.2 Å². The molecule has 128 valence electrons. The predicted octanol–water partition coefficient (Wildman–Crippen LogP) is 2.68. The van der Waals surface area contributed by atoms with E-state index in [4.69, 9.17) is 0 Å². The standard InChI is InChI=1S/C17H26N2O3S/c1-2-15-8-6-12-19(14-15)17(20)18-11-7-13-23(21,22)16-9-4-3-5-10-16/h3-5,9-10,15H,2,6-8,11-14H2,1H3,(H,18,20)/t15-/m0/s1. The molecule has 0 radical (unpaired) electrons. The number of hydrogen-bond acceptors (Lipinski definition) is 3. The third-order valence-electron chi connectivity index (χ3n) is 4.35. The predicted molar refractivity (Wildman–Crippen MR) is 91.1 cm³/mol. The van der Waals surface area contributed by atoms with Crippen LogP contribution in [-0.2, 0) is 9.84 Å². The van der Waals surface area contributed by atoms with Gasteiger partial charge in [-0.15, -0.1) is 0 Å². The minimum atomic E-state index is -3.26. The van der Waals surface area contributed by atoms with Gasteiger partial charge in [-0.25, -0.2) is 13.2 Å². The molecule has 0 spiro atoms. The van der Waals surface area contributed by atoms with E-state index >= 15 is 0 Å². The van der Waals surface area contributed by atoms with Gasteiger partial charge in [0.25, 0.3) is 0 Å². The lowest BCUT2D eigenvalue weighted by atomic mass is 9.96. The normalized spacial score (nSPS) is 18.7. The summed E-state index contributed by atoms with van der Waals surface area (Å²) in [5, 5.41) is 2.84. The zero-order chi connectivity index (χ0) is 16.7. The number of hydrogen-bond donors (Lipinski definition) is 1. The van der Waals surface area contributed by atoms with Gasteiger partial charge in [0, 0.05) is 19.6 Å². The van der Waals surface area contributed by atoms with Crippen LogP contribution in [0.1, 0.15) is 32.6 Å². The second-order valence-electron chi connectivity index (χ2n) is 6.08. The topological polar surface area (TPSA) is 66.5 Å². The van der Waals surface area contributed by atoms with Crippen LogP contribution in [0.15, 0.2) is 35.2 Å². The summed E-state index contributed by atoms with van der Waals surface area (Å²) < 4.78 is 24.3. The van der Waals surface area contributed by atoms with Crippen LogP contribution in [-0.4, -0.2) is 44.7 Å². The molecule has 0 saturated carbocycles. The van der Waals surface area contributed by atoms with Gasteiger partial charge in [0.2, 0.25) is 0 Å². The van der Waals surface area contributed by atoms with Crippen LogP contribution in [0.4, 0.5) is 4.79 Å². The third-order valence-corrected chi connectivity index (χ3v) is 6.17. The Kier molecular flexibility index (Phi) is 6.45. The Labute approximate surface area is 139 Å². The molecule has 1 saturated heterocycles. The molecule has 2 rings (SSSR count). The first-order chi connectivity index (χ1) is 11.0. The Balaban J connectivity index is 1.74. The van der Waals surface area contributed by atoms with Crippen molar-refractivity contribution in [3.8, 4) is 0 Å². The molecule has 2 amide bonds. The lowest BCUT2D eigenvalue weighted by Crippen LogP contribution is -2.45. The minimum Gasteiger partial charge on any atom is -0.338 e. The molecule has 1 fully saturated rings. The van der Waals surface area contributed by atoms with E-state index in [-0.39, 0.29) is 11.8 Å². The van der Waals surface area contributed by atoms with Gasteiger partial charge in [0.05, 0.1) is 10.6 Å². The van der Waals surface area contributed by atoms with Gasteiger partial charge in [-0.05, 0) is 37.3 Å². The van der Waals surface area contributed by atoms with Crippen LogP contribution >= 0.6 is 0 Å². The fourth-order valence-corrected chi connectivity index (χ4v) is 4.23. The molecule has 1 aromatic rings. The van der Waals surface area contributed by atoms with Gasteiger partial charge in [-0.3, -0.25) is 0 Å². The Morgan fingerprint density at radius 2 is 2.04 bits per heavy atom. The van der Waals surface area contributed by atoms with Gasteiger partial charge in [-0.1, -0.05) is 31.5 Å². The van der Waals surface area contributed by atoms with Crippen LogP contribution in [0.3, 0.4) is 0 Å². The highest BCUT2D eigenvalue weighted by Crippen LogP contribution is 2.19. The number of urea groups is 1. The highest BCUT2D eigenvalue weighted by Gasteiger charge is 2.22. The van der Waals surface area contributed by atoms with Gasteiger partial charge in [-0.2, -0.15) is 0 Å². The van der Waals surface area contributed by atoms with Gasteiger partial charge in [0.1, 0.15) is 0 Å². The molecular weight excluding hydrogens is 312 g/mol. The maximum Gasteiger partial charge on any atom is 0.317 e. The third kappa shape index (κ3) is 5.23. The number of rotatable bonds is 6. The number of amides is 2. The monoisotopic (exact) mass is 338 g/mol. The van der Waals surface area contributed by atoms with Gasteiger partial charge in [0.15, 0.2) is 9.84 Å². The molecule has 23 heavy (non-hydrogen) atoms. The quantitative estimate of drug-likeness (QED) is 0.811. The van der Waals surface area contributed by atoms with E-state index in [9.17, 15) is 13.2 Å². The number of carbonyl (C=O) groups is 1. The van der Waals surface area contributed by atoms with Crippen LogP contribution in [0.5, 0.6) is 0 Å². The lowest BCUT2D eigenvalue weighted by molar-refractivity contribution is 0.164. The summed E-state index contributed by atoms with van der Waals surface area (Å²) in [5.41, 5.74) is 0. The number of carbonyl (C=O) groups excluding carboxylic acids is 1. The fourth-order valence-electron chi connectivity index (χ4n) is 2.90. The maximum atomic E-state index is 12.1. The summed E-state index contributed by atoms with van der Waals surface area (Å²) in [6.45, 7) is 4.15. The van der Waals surface area contributed by atoms with Crippen molar-refractivity contribution in [3.05, 3.63) is 30.3 Å². The van der Waals surface area contributed by atoms with E-state index in [1.807, 2.05) is 4.90 Å². The Morgan fingerprint density at radius 3 is 2.74 bits per heavy atom. The molecule has 1 aliphatic heterocycles. The van der Waals surface area contributed by atoms with E-state index in [0.717, 1.165) is 25.9 Å². The zero-order valence-electron chi connectivity index (χ0n) is 13.7. The number of likely N-dealkylation sites (tertiary alicyclic amines) is 1. The van der Waals surface area contributed by atoms with Crippen molar-refractivity contribution >= 4 is 15.9 Å². The van der Waals surface area contributed by atoms with E-state index in [1.165, 1.54) is 6.42 Å². The van der Waals surface area contributed by atoms with E-state index in [0.29, 0.717) is 23.8 Å². The van der Waals surface area contributed by atoms with Crippen molar-refractivity contribution in [1.29, 1.82) is 0 Å². The van der Waals surface area contributed by atoms with Gasteiger partial charge >= 0.3 is 6.03 Å². The van der Waals surface area contributed by atoms with Crippen LogP contribution in [0, 0.1) is 5.92 Å². The van der Waals surface area contributed by atoms with Crippen LogP contribution < -0.4 is 5.32 Å². The number of benzene rings is 1. The molecule has 0 unspecified atom stereocenters. The summed E-state index contributed by atoms with van der Waals surface area (Å²) >= 11 is 0. The second-order valence-corrected chi connectivity index (χ2v) is 8.19. The molecule has 1 atom stereocenters. The molecule has 1 aliphatic rings. The summed E-state index contributed by atoms with van der Waals surface area (Å²) in [4.78, 5) is 14.3. The molecule has 6 heteroatoms. The summed E-state index contributed by atoms with van der Waals surface area (Å²) in [5.74, 6) is 0.641. The van der Waals surface area contributed by atoms with Crippen molar-refractivity contribution in [1.82, 2.24) is 10.2 Å². The molecule has 0 aromatic heterocycles. The molecule has 0 aliphatic carbocycles. The molecule has 1 heterocycles. The Hall–Kier alpha value is -1.56. The van der Waals surface area contributed by atoms with Crippen molar-refractivity contribution in [2.24, 2.45) is 5.92 Å². The van der Waals surface area contributed by atoms with Crippen molar-refractivity contribution < 1.29 is 13.2 Å². The maximum absolute atomic E-state index is 12.1. The van der Waals surface area contributed by atoms with Crippen molar-refractivity contribution in [2.75, 3.05) is 25.4 Å². The van der Waals surface area contributed by atoms with E-state index < -0.39 is 9.84 Å². The average molecular weight is 338 g/mol. The van der Waals surface area contributed by atoms with Gasteiger partial charge < -0.3 is 10.2 Å². The van der Waals surface area contributed by atoms with Crippen LogP contribution in [0.25, 0.3) is 0 Å². The highest BCUT2D eigenvalue weighted by molar-refractivity contribution is 7.91. The number of piperidine rings is 1. The van der Waals surface area contributed by atoms with Crippen molar-refractivity contribution in [2.45, 2.75) is 37.5 Å². The van der Waals surface area contributed by atoms with Crippen molar-refractivity contribution in [3.63, 3.8) is 0 Å². The molecule has 1 aromatic carbocycles. The number of nitrogens with one attached hydrogen (secondary N) is 1. The fraction of sp³-hybridized carbons (Fsp3) is 0.588.